The maximum absolute atomic E-state index is 11.8. The first kappa shape index (κ1) is 13.5. The van der Waals surface area contributed by atoms with E-state index in [1.54, 1.807) is 11.3 Å². The van der Waals surface area contributed by atoms with Gasteiger partial charge in [0.15, 0.2) is 0 Å². The van der Waals surface area contributed by atoms with E-state index >= 15 is 0 Å². The number of amides is 1. The lowest BCUT2D eigenvalue weighted by molar-refractivity contribution is -0.135. The molecule has 1 saturated heterocycles. The van der Waals surface area contributed by atoms with Crippen LogP contribution in [0.3, 0.4) is 0 Å². The highest BCUT2D eigenvalue weighted by atomic mass is 32.1. The molecule has 0 saturated carbocycles. The van der Waals surface area contributed by atoms with Crippen LogP contribution in [-0.4, -0.2) is 23.7 Å². The van der Waals surface area contributed by atoms with Crippen LogP contribution in [0.2, 0.25) is 0 Å². The molecule has 5 heteroatoms. The Labute approximate surface area is 112 Å². The van der Waals surface area contributed by atoms with Gasteiger partial charge in [-0.2, -0.15) is 0 Å². The third-order valence-corrected chi connectivity index (χ3v) is 4.27. The number of carbonyl (C=O) groups excluding carboxylic acids is 1. The first-order valence-corrected chi connectivity index (χ1v) is 7.12. The minimum absolute atomic E-state index is 0.0529. The Morgan fingerprint density at radius 2 is 2.22 bits per heavy atom. The Morgan fingerprint density at radius 3 is 2.72 bits per heavy atom. The quantitative estimate of drug-likeness (QED) is 0.872. The molecule has 2 heterocycles. The number of carbonyl (C=O) groups is 1. The van der Waals surface area contributed by atoms with Crippen molar-refractivity contribution >= 4 is 17.2 Å². The Kier molecular flexibility index (Phi) is 4.04. The maximum atomic E-state index is 11.8. The topological polar surface area (TPSA) is 64.3 Å². The number of hydrogen-bond donors (Lipinski definition) is 2. The van der Waals surface area contributed by atoms with Gasteiger partial charge in [-0.3, -0.25) is 10.1 Å². The van der Waals surface area contributed by atoms with E-state index in [4.69, 9.17) is 10.5 Å². The number of nitrogens with one attached hydrogen (secondary N) is 1. The largest absolute Gasteiger partial charge is 0.375 e. The van der Waals surface area contributed by atoms with Crippen LogP contribution in [0.5, 0.6) is 0 Å². The molecule has 1 aliphatic rings. The summed E-state index contributed by atoms with van der Waals surface area (Å²) in [5, 5.41) is 5.38. The van der Waals surface area contributed by atoms with Crippen LogP contribution in [0.25, 0.3) is 0 Å². The molecular weight excluding hydrogens is 248 g/mol. The molecule has 18 heavy (non-hydrogen) atoms. The Bertz CT molecular complexity index is 395. The summed E-state index contributed by atoms with van der Waals surface area (Å²) in [5.41, 5.74) is 4.97. The fourth-order valence-corrected chi connectivity index (χ4v) is 3.30. The molecule has 1 amide bonds. The summed E-state index contributed by atoms with van der Waals surface area (Å²) < 4.78 is 5.68. The van der Waals surface area contributed by atoms with Crippen molar-refractivity contribution in [3.63, 3.8) is 0 Å². The predicted octanol–water partition coefficient (Wildman–Crippen LogP) is 1.65. The van der Waals surface area contributed by atoms with Crippen molar-refractivity contribution in [2.24, 2.45) is 5.73 Å². The highest BCUT2D eigenvalue weighted by Gasteiger charge is 2.43. The van der Waals surface area contributed by atoms with E-state index in [2.05, 4.69) is 11.4 Å². The van der Waals surface area contributed by atoms with Gasteiger partial charge in [0.25, 0.3) is 0 Å². The Morgan fingerprint density at radius 1 is 1.56 bits per heavy atom. The normalized spacial score (nSPS) is 32.3. The summed E-state index contributed by atoms with van der Waals surface area (Å²) >= 11 is 1.68. The number of primary amides is 1. The number of hydrogen-bond acceptors (Lipinski definition) is 4. The van der Waals surface area contributed by atoms with Gasteiger partial charge < -0.3 is 10.5 Å². The number of ether oxygens (including phenoxy) is 1. The zero-order chi connectivity index (χ0) is 13.2. The lowest BCUT2D eigenvalue weighted by Gasteiger charge is -2.41. The van der Waals surface area contributed by atoms with E-state index in [-0.39, 0.29) is 18.1 Å². The minimum Gasteiger partial charge on any atom is -0.375 e. The summed E-state index contributed by atoms with van der Waals surface area (Å²) in [5.74, 6) is -0.277. The van der Waals surface area contributed by atoms with E-state index in [1.807, 2.05) is 25.3 Å². The van der Waals surface area contributed by atoms with Crippen molar-refractivity contribution < 1.29 is 9.53 Å². The van der Waals surface area contributed by atoms with E-state index in [0.29, 0.717) is 19.4 Å². The molecule has 1 fully saturated rings. The molecule has 2 atom stereocenters. The molecule has 0 radical (unpaired) electrons. The first-order chi connectivity index (χ1) is 8.52. The lowest BCUT2D eigenvalue weighted by atomic mass is 9.83. The van der Waals surface area contributed by atoms with Crippen LogP contribution in [0.1, 0.15) is 31.6 Å². The fourth-order valence-electron chi connectivity index (χ4n) is 2.66. The molecule has 0 spiro atoms. The fraction of sp³-hybridized carbons (Fsp3) is 0.615. The second-order valence-corrected chi connectivity index (χ2v) is 6.08. The van der Waals surface area contributed by atoms with Gasteiger partial charge in [0.2, 0.25) is 5.91 Å². The van der Waals surface area contributed by atoms with Gasteiger partial charge in [0.05, 0.1) is 12.2 Å². The Balaban J connectivity index is 2.08. The van der Waals surface area contributed by atoms with Gasteiger partial charge in [-0.1, -0.05) is 6.07 Å². The molecule has 1 aromatic heterocycles. The van der Waals surface area contributed by atoms with Crippen LogP contribution in [0.4, 0.5) is 0 Å². The standard InChI is InChI=1S/C13H20N2O2S/c1-9-6-13(12(14)16,7-10(2)17-9)15-8-11-4-3-5-18-11/h3-5,9-10,15H,6-8H2,1-2H3,(H2,14,16). The van der Waals surface area contributed by atoms with E-state index in [0.717, 1.165) is 0 Å². The molecule has 100 valence electrons. The van der Waals surface area contributed by atoms with Crippen molar-refractivity contribution in [1.82, 2.24) is 5.32 Å². The molecule has 4 nitrogen and oxygen atoms in total. The Hall–Kier alpha value is -0.910. The lowest BCUT2D eigenvalue weighted by Crippen LogP contribution is -2.60. The molecule has 2 unspecified atom stereocenters. The molecule has 2 rings (SSSR count). The second-order valence-electron chi connectivity index (χ2n) is 5.04. The monoisotopic (exact) mass is 268 g/mol. The van der Waals surface area contributed by atoms with Gasteiger partial charge in [-0.15, -0.1) is 11.3 Å². The van der Waals surface area contributed by atoms with Crippen molar-refractivity contribution in [2.45, 2.75) is 51.0 Å². The molecule has 0 aromatic carbocycles. The summed E-state index contributed by atoms with van der Waals surface area (Å²) in [7, 11) is 0. The highest BCUT2D eigenvalue weighted by Crippen LogP contribution is 2.29. The van der Waals surface area contributed by atoms with Gasteiger partial charge in [-0.05, 0) is 25.3 Å². The molecule has 3 N–H and O–H groups in total. The SMILES string of the molecule is CC1CC(NCc2cccs2)(C(N)=O)CC(C)O1. The second kappa shape index (κ2) is 5.38. The number of nitrogens with two attached hydrogens (primary N) is 1. The predicted molar refractivity (Wildman–Crippen MR) is 72.3 cm³/mol. The molecule has 1 aliphatic heterocycles. The van der Waals surface area contributed by atoms with Crippen LogP contribution in [0.15, 0.2) is 17.5 Å². The highest BCUT2D eigenvalue weighted by molar-refractivity contribution is 7.09. The van der Waals surface area contributed by atoms with Crippen molar-refractivity contribution in [2.75, 3.05) is 0 Å². The van der Waals surface area contributed by atoms with Crippen LogP contribution in [-0.2, 0) is 16.1 Å². The third-order valence-electron chi connectivity index (χ3n) is 3.39. The summed E-state index contributed by atoms with van der Waals surface area (Å²) in [6.45, 7) is 4.65. The van der Waals surface area contributed by atoms with Crippen LogP contribution < -0.4 is 11.1 Å². The zero-order valence-corrected chi connectivity index (χ0v) is 11.6. The molecule has 1 aromatic rings. The summed E-state index contributed by atoms with van der Waals surface area (Å²) in [6, 6.07) is 4.06. The minimum atomic E-state index is -0.638. The number of thiophene rings is 1. The smallest absolute Gasteiger partial charge is 0.237 e. The molecular formula is C13H20N2O2S. The van der Waals surface area contributed by atoms with Crippen molar-refractivity contribution in [3.05, 3.63) is 22.4 Å². The van der Waals surface area contributed by atoms with E-state index < -0.39 is 5.54 Å². The van der Waals surface area contributed by atoms with Gasteiger partial charge in [0.1, 0.15) is 5.54 Å². The number of rotatable bonds is 4. The summed E-state index contributed by atoms with van der Waals surface area (Å²) in [4.78, 5) is 13.0. The van der Waals surface area contributed by atoms with Gasteiger partial charge in [0, 0.05) is 24.3 Å². The average molecular weight is 268 g/mol. The molecule has 0 aliphatic carbocycles. The maximum Gasteiger partial charge on any atom is 0.237 e. The van der Waals surface area contributed by atoms with Crippen molar-refractivity contribution in [1.29, 1.82) is 0 Å². The summed E-state index contributed by atoms with van der Waals surface area (Å²) in [6.07, 6.45) is 1.38. The molecule has 0 bridgehead atoms. The van der Waals surface area contributed by atoms with Gasteiger partial charge in [-0.25, -0.2) is 0 Å². The average Bonchev–Trinajstić information content (AvgIpc) is 2.77. The van der Waals surface area contributed by atoms with Crippen LogP contribution >= 0.6 is 11.3 Å². The first-order valence-electron chi connectivity index (χ1n) is 6.24. The van der Waals surface area contributed by atoms with E-state index in [9.17, 15) is 4.79 Å². The van der Waals surface area contributed by atoms with E-state index in [1.165, 1.54) is 4.88 Å². The third kappa shape index (κ3) is 2.91. The van der Waals surface area contributed by atoms with Crippen molar-refractivity contribution in [3.8, 4) is 0 Å². The zero-order valence-electron chi connectivity index (χ0n) is 10.8. The van der Waals surface area contributed by atoms with Gasteiger partial charge >= 0.3 is 0 Å². The van der Waals surface area contributed by atoms with Crippen LogP contribution in [0, 0.1) is 0 Å².